The third kappa shape index (κ3) is 8.92. The van der Waals surface area contributed by atoms with Crippen molar-refractivity contribution in [2.45, 2.75) is 88.2 Å². The third-order valence-corrected chi connectivity index (χ3v) is 9.11. The van der Waals surface area contributed by atoms with Gasteiger partial charge in [0.25, 0.3) is 0 Å². The third-order valence-electron chi connectivity index (χ3n) is 7.32. The summed E-state index contributed by atoms with van der Waals surface area (Å²) in [7, 11) is -3.51. The highest BCUT2D eigenvalue weighted by molar-refractivity contribution is 7.89. The summed E-state index contributed by atoms with van der Waals surface area (Å²) in [5.41, 5.74) is 3.14. The van der Waals surface area contributed by atoms with Crippen LogP contribution in [0.1, 0.15) is 69.4 Å². The van der Waals surface area contributed by atoms with Gasteiger partial charge < -0.3 is 10.2 Å². The molecule has 1 unspecified atom stereocenters. The van der Waals surface area contributed by atoms with Gasteiger partial charge in [-0.15, -0.1) is 0 Å². The van der Waals surface area contributed by atoms with Crippen LogP contribution in [0.3, 0.4) is 0 Å². The lowest BCUT2D eigenvalue weighted by Crippen LogP contribution is -2.47. The lowest BCUT2D eigenvalue weighted by molar-refractivity contribution is -0.140. The van der Waals surface area contributed by atoms with Crippen LogP contribution in [-0.2, 0) is 32.6 Å². The van der Waals surface area contributed by atoms with Gasteiger partial charge in [-0.05, 0) is 93.7 Å². The van der Waals surface area contributed by atoms with Crippen molar-refractivity contribution in [3.63, 3.8) is 0 Å². The van der Waals surface area contributed by atoms with Gasteiger partial charge in [-0.1, -0.05) is 47.5 Å². The zero-order valence-corrected chi connectivity index (χ0v) is 24.1. The molecule has 1 saturated carbocycles. The lowest BCUT2D eigenvalue weighted by Gasteiger charge is -2.29. The molecule has 2 aliphatic carbocycles. The number of benzene rings is 2. The van der Waals surface area contributed by atoms with Crippen LogP contribution in [-0.4, -0.2) is 43.8 Å². The molecule has 9 heteroatoms. The number of nitrogens with one attached hydrogen (secondary N) is 2. The van der Waals surface area contributed by atoms with Crippen molar-refractivity contribution in [1.82, 2.24) is 14.9 Å². The van der Waals surface area contributed by atoms with Gasteiger partial charge in [0, 0.05) is 30.6 Å². The van der Waals surface area contributed by atoms with Gasteiger partial charge in [-0.3, -0.25) is 9.59 Å². The summed E-state index contributed by atoms with van der Waals surface area (Å²) in [6, 6.07) is 13.3. The van der Waals surface area contributed by atoms with Crippen LogP contribution in [0.5, 0.6) is 0 Å². The number of hydrogen-bond acceptors (Lipinski definition) is 4. The molecule has 2 N–H and O–H groups in total. The Morgan fingerprint density at radius 3 is 2.33 bits per heavy atom. The molecule has 1 atom stereocenters. The average Bonchev–Trinajstić information content (AvgIpc) is 3.75. The Bertz CT molecular complexity index is 1270. The van der Waals surface area contributed by atoms with E-state index in [1.165, 1.54) is 18.4 Å². The molecule has 0 heterocycles. The molecule has 7 nitrogen and oxygen atoms in total. The number of halogens is 1. The van der Waals surface area contributed by atoms with E-state index in [0.29, 0.717) is 24.5 Å². The number of carbonyl (C=O) groups is 2. The van der Waals surface area contributed by atoms with Crippen molar-refractivity contribution in [3.05, 3.63) is 76.3 Å². The summed E-state index contributed by atoms with van der Waals surface area (Å²) in [5, 5.41) is 3.62. The van der Waals surface area contributed by atoms with E-state index in [2.05, 4.69) is 16.1 Å². The molecule has 0 radical (unpaired) electrons. The Hall–Kier alpha value is -2.68. The minimum atomic E-state index is -3.51. The SMILES string of the molecule is CC(C(=O)NCCC1=CCCCC1)N(Cc1ccc(Cl)cc1)C(=O)CCc1ccc(S(=O)(=O)NC2CC2)cc1. The van der Waals surface area contributed by atoms with Crippen molar-refractivity contribution in [1.29, 1.82) is 0 Å². The van der Waals surface area contributed by atoms with Crippen LogP contribution in [0, 0.1) is 0 Å². The zero-order chi connectivity index (χ0) is 27.8. The van der Waals surface area contributed by atoms with E-state index in [4.69, 9.17) is 11.6 Å². The first-order chi connectivity index (χ1) is 18.7. The van der Waals surface area contributed by atoms with Crippen LogP contribution in [0.25, 0.3) is 0 Å². The number of carbonyl (C=O) groups excluding carboxylic acids is 2. The predicted octanol–water partition coefficient (Wildman–Crippen LogP) is 5.14. The van der Waals surface area contributed by atoms with E-state index in [1.54, 1.807) is 48.2 Å². The normalized spacial score (nSPS) is 16.3. The molecule has 0 aromatic heterocycles. The van der Waals surface area contributed by atoms with E-state index in [-0.39, 0.29) is 29.2 Å². The Kier molecular flexibility index (Phi) is 10.2. The second-order valence-corrected chi connectivity index (χ2v) is 12.7. The molecule has 39 heavy (non-hydrogen) atoms. The number of nitrogens with zero attached hydrogens (tertiary/aromatic N) is 1. The fourth-order valence-corrected chi connectivity index (χ4v) is 6.14. The highest BCUT2D eigenvalue weighted by Crippen LogP contribution is 2.23. The summed E-state index contributed by atoms with van der Waals surface area (Å²) in [4.78, 5) is 28.3. The van der Waals surface area contributed by atoms with Gasteiger partial charge in [0.2, 0.25) is 21.8 Å². The summed E-state index contributed by atoms with van der Waals surface area (Å²) < 4.78 is 27.5. The number of rotatable bonds is 13. The number of amides is 2. The minimum Gasteiger partial charge on any atom is -0.354 e. The molecule has 0 saturated heterocycles. The zero-order valence-electron chi connectivity index (χ0n) is 22.5. The molecular formula is C30H38ClN3O4S. The first-order valence-corrected chi connectivity index (χ1v) is 15.7. The first kappa shape index (κ1) is 29.3. The summed E-state index contributed by atoms with van der Waals surface area (Å²) in [6.45, 7) is 2.61. The van der Waals surface area contributed by atoms with Crippen LogP contribution < -0.4 is 10.0 Å². The maximum Gasteiger partial charge on any atom is 0.242 e. The number of allylic oxidation sites excluding steroid dienone is 1. The molecule has 1 fully saturated rings. The fraction of sp³-hybridized carbons (Fsp3) is 0.467. The Morgan fingerprint density at radius 2 is 1.69 bits per heavy atom. The second-order valence-electron chi connectivity index (χ2n) is 10.5. The summed E-state index contributed by atoms with van der Waals surface area (Å²) >= 11 is 6.04. The van der Waals surface area contributed by atoms with Gasteiger partial charge in [0.1, 0.15) is 6.04 Å². The Morgan fingerprint density at radius 1 is 1.00 bits per heavy atom. The molecule has 2 aromatic carbocycles. The summed E-state index contributed by atoms with van der Waals surface area (Å²) in [5.74, 6) is -0.318. The van der Waals surface area contributed by atoms with E-state index >= 15 is 0 Å². The highest BCUT2D eigenvalue weighted by Gasteiger charge is 2.28. The van der Waals surface area contributed by atoms with E-state index in [9.17, 15) is 18.0 Å². The molecule has 2 aromatic rings. The Labute approximate surface area is 237 Å². The van der Waals surface area contributed by atoms with Gasteiger partial charge >= 0.3 is 0 Å². The second kappa shape index (κ2) is 13.6. The van der Waals surface area contributed by atoms with Gasteiger partial charge in [0.05, 0.1) is 4.90 Å². The molecular weight excluding hydrogens is 534 g/mol. The topological polar surface area (TPSA) is 95.6 Å². The lowest BCUT2D eigenvalue weighted by atomic mass is 9.97. The first-order valence-electron chi connectivity index (χ1n) is 13.8. The van der Waals surface area contributed by atoms with Crippen LogP contribution >= 0.6 is 11.6 Å². The maximum absolute atomic E-state index is 13.4. The molecule has 210 valence electrons. The number of aryl methyl sites for hydroxylation is 1. The van der Waals surface area contributed by atoms with Crippen LogP contribution in [0.4, 0.5) is 0 Å². The van der Waals surface area contributed by atoms with Gasteiger partial charge in [-0.25, -0.2) is 13.1 Å². The standard InChI is InChI=1S/C30H38ClN3O4S/c1-22(30(36)32-20-19-23-5-3-2-4-6-23)34(21-25-7-12-26(31)13-8-25)29(35)18-11-24-9-16-28(17-10-24)39(37,38)33-27-14-15-27/h5,7-10,12-13,16-17,22,27,33H,2-4,6,11,14-15,18-21H2,1H3,(H,32,36). The number of hydrogen-bond donors (Lipinski definition) is 2. The van der Waals surface area contributed by atoms with E-state index < -0.39 is 16.1 Å². The smallest absolute Gasteiger partial charge is 0.242 e. The van der Waals surface area contributed by atoms with Gasteiger partial charge in [-0.2, -0.15) is 0 Å². The van der Waals surface area contributed by atoms with Crippen molar-refractivity contribution in [3.8, 4) is 0 Å². The van der Waals surface area contributed by atoms with Crippen molar-refractivity contribution in [2.75, 3.05) is 6.54 Å². The minimum absolute atomic E-state index is 0.0439. The summed E-state index contributed by atoms with van der Waals surface area (Å²) in [6.07, 6.45) is 10.1. The molecule has 2 amide bonds. The van der Waals surface area contributed by atoms with E-state index in [1.807, 2.05) is 12.1 Å². The Balaban J connectivity index is 1.37. The van der Waals surface area contributed by atoms with E-state index in [0.717, 1.165) is 43.2 Å². The molecule has 4 rings (SSSR count). The van der Waals surface area contributed by atoms with Crippen molar-refractivity contribution in [2.24, 2.45) is 0 Å². The number of sulfonamides is 1. The van der Waals surface area contributed by atoms with Crippen molar-refractivity contribution < 1.29 is 18.0 Å². The maximum atomic E-state index is 13.4. The molecule has 0 spiro atoms. The van der Waals surface area contributed by atoms with Crippen molar-refractivity contribution >= 4 is 33.4 Å². The highest BCUT2D eigenvalue weighted by atomic mass is 35.5. The molecule has 0 bridgehead atoms. The average molecular weight is 572 g/mol. The van der Waals surface area contributed by atoms with Gasteiger partial charge in [0.15, 0.2) is 0 Å². The van der Waals surface area contributed by atoms with Crippen LogP contribution in [0.15, 0.2) is 65.1 Å². The molecule has 0 aliphatic heterocycles. The van der Waals surface area contributed by atoms with Crippen LogP contribution in [0.2, 0.25) is 5.02 Å². The largest absolute Gasteiger partial charge is 0.354 e. The fourth-order valence-electron chi connectivity index (χ4n) is 4.71. The molecule has 2 aliphatic rings. The predicted molar refractivity (Wildman–Crippen MR) is 154 cm³/mol. The quantitative estimate of drug-likeness (QED) is 0.326. The monoisotopic (exact) mass is 571 g/mol.